The summed E-state index contributed by atoms with van der Waals surface area (Å²) in [6.45, 7) is 2.02. The molecule has 7 nitrogen and oxygen atoms in total. The highest BCUT2D eigenvalue weighted by Gasteiger charge is 2.28. The summed E-state index contributed by atoms with van der Waals surface area (Å²) >= 11 is 5.97. The third-order valence-corrected chi connectivity index (χ3v) is 4.80. The van der Waals surface area contributed by atoms with E-state index >= 15 is 0 Å². The minimum atomic E-state index is -1.08. The van der Waals surface area contributed by atoms with Gasteiger partial charge in [-0.2, -0.15) is 0 Å². The predicted octanol–water partition coefficient (Wildman–Crippen LogP) is 3.66. The summed E-state index contributed by atoms with van der Waals surface area (Å²) in [7, 11) is 1.47. The number of esters is 1. The lowest BCUT2D eigenvalue weighted by Gasteiger charge is -2.20. The van der Waals surface area contributed by atoms with Gasteiger partial charge in [-0.25, -0.2) is 4.79 Å². The summed E-state index contributed by atoms with van der Waals surface area (Å²) in [4.78, 5) is 38.8. The van der Waals surface area contributed by atoms with Gasteiger partial charge in [0.1, 0.15) is 5.75 Å². The smallest absolute Gasteiger partial charge is 0.341 e. The molecule has 2 amide bonds. The molecule has 3 rings (SSSR count). The first kappa shape index (κ1) is 20.7. The van der Waals surface area contributed by atoms with Crippen LogP contribution in [0, 0.1) is 0 Å². The number of nitrogens with one attached hydrogen (secondary N) is 1. The first-order chi connectivity index (χ1) is 13.9. The molecule has 0 spiro atoms. The molecule has 1 aliphatic heterocycles. The Morgan fingerprint density at radius 3 is 2.66 bits per heavy atom. The van der Waals surface area contributed by atoms with Gasteiger partial charge in [-0.05, 0) is 43.7 Å². The lowest BCUT2D eigenvalue weighted by atomic mass is 10.1. The van der Waals surface area contributed by atoms with Gasteiger partial charge in [0.15, 0.2) is 6.10 Å². The highest BCUT2D eigenvalue weighted by atomic mass is 35.5. The summed E-state index contributed by atoms with van der Waals surface area (Å²) in [6, 6.07) is 11.5. The van der Waals surface area contributed by atoms with E-state index in [1.165, 1.54) is 14.0 Å². The second-order valence-corrected chi connectivity index (χ2v) is 6.98. The number of halogens is 1. The molecule has 0 saturated carbocycles. The van der Waals surface area contributed by atoms with Crippen LogP contribution < -0.4 is 15.0 Å². The largest absolute Gasteiger partial charge is 0.495 e. The third kappa shape index (κ3) is 4.68. The standard InChI is InChI=1S/C21H21ClN2O5/c1-13(20(26)23-16-12-14(22)9-10-18(16)28-2)29-21(27)15-6-3-4-7-17(15)24-11-5-8-19(24)25/h3-4,6-7,9-10,12-13H,5,8,11H2,1-2H3,(H,23,26)/t13-/m0/s1. The van der Waals surface area contributed by atoms with Crippen LogP contribution in [0.15, 0.2) is 42.5 Å². The van der Waals surface area contributed by atoms with Crippen molar-refractivity contribution in [2.45, 2.75) is 25.9 Å². The molecule has 29 heavy (non-hydrogen) atoms. The van der Waals surface area contributed by atoms with Crippen LogP contribution >= 0.6 is 11.6 Å². The number of methoxy groups -OCH3 is 1. The van der Waals surface area contributed by atoms with Crippen LogP contribution in [0.2, 0.25) is 5.02 Å². The summed E-state index contributed by atoms with van der Waals surface area (Å²) < 4.78 is 10.5. The summed E-state index contributed by atoms with van der Waals surface area (Å²) in [5.74, 6) is -0.821. The van der Waals surface area contributed by atoms with E-state index in [1.807, 2.05) is 0 Å². The van der Waals surface area contributed by atoms with Crippen LogP contribution in [0.4, 0.5) is 11.4 Å². The van der Waals surface area contributed by atoms with Crippen molar-refractivity contribution in [1.82, 2.24) is 0 Å². The molecule has 1 N–H and O–H groups in total. The summed E-state index contributed by atoms with van der Waals surface area (Å²) in [5, 5.41) is 3.07. The van der Waals surface area contributed by atoms with Crippen LogP contribution in [-0.4, -0.2) is 37.5 Å². The van der Waals surface area contributed by atoms with E-state index in [0.29, 0.717) is 35.1 Å². The minimum Gasteiger partial charge on any atom is -0.495 e. The fourth-order valence-corrected chi connectivity index (χ4v) is 3.25. The third-order valence-electron chi connectivity index (χ3n) is 4.56. The van der Waals surface area contributed by atoms with Crippen LogP contribution in [-0.2, 0) is 14.3 Å². The molecule has 1 fully saturated rings. The Bertz CT molecular complexity index is 946. The minimum absolute atomic E-state index is 0.0379. The highest BCUT2D eigenvalue weighted by Crippen LogP contribution is 2.29. The predicted molar refractivity (Wildman–Crippen MR) is 110 cm³/mol. The molecule has 0 radical (unpaired) electrons. The van der Waals surface area contributed by atoms with E-state index in [0.717, 1.165) is 6.42 Å². The highest BCUT2D eigenvalue weighted by molar-refractivity contribution is 6.31. The van der Waals surface area contributed by atoms with Crippen LogP contribution in [0.5, 0.6) is 5.75 Å². The van der Waals surface area contributed by atoms with Gasteiger partial charge in [-0.1, -0.05) is 23.7 Å². The number of ether oxygens (including phenoxy) is 2. The lowest BCUT2D eigenvalue weighted by Crippen LogP contribution is -2.31. The van der Waals surface area contributed by atoms with Gasteiger partial charge in [-0.3, -0.25) is 9.59 Å². The Hall–Kier alpha value is -3.06. The van der Waals surface area contributed by atoms with Crippen molar-refractivity contribution in [3.8, 4) is 5.75 Å². The van der Waals surface area contributed by atoms with Gasteiger partial charge in [0, 0.05) is 18.0 Å². The number of anilines is 2. The number of amides is 2. The molecule has 0 bridgehead atoms. The van der Waals surface area contributed by atoms with E-state index in [2.05, 4.69) is 5.32 Å². The molecule has 2 aromatic rings. The molecule has 8 heteroatoms. The second-order valence-electron chi connectivity index (χ2n) is 6.55. The van der Waals surface area contributed by atoms with Crippen molar-refractivity contribution in [3.63, 3.8) is 0 Å². The van der Waals surface area contributed by atoms with Gasteiger partial charge in [0.05, 0.1) is 24.0 Å². The lowest BCUT2D eigenvalue weighted by molar-refractivity contribution is -0.123. The van der Waals surface area contributed by atoms with E-state index in [9.17, 15) is 14.4 Å². The quantitative estimate of drug-likeness (QED) is 0.726. The SMILES string of the molecule is COc1ccc(Cl)cc1NC(=O)[C@H](C)OC(=O)c1ccccc1N1CCCC1=O. The Balaban J connectivity index is 1.72. The second kappa shape index (κ2) is 8.96. The molecule has 0 unspecified atom stereocenters. The Labute approximate surface area is 173 Å². The molecular weight excluding hydrogens is 396 g/mol. The molecule has 152 valence electrons. The van der Waals surface area contributed by atoms with E-state index < -0.39 is 18.0 Å². The van der Waals surface area contributed by atoms with Gasteiger partial charge in [-0.15, -0.1) is 0 Å². The zero-order valence-corrected chi connectivity index (χ0v) is 16.9. The summed E-state index contributed by atoms with van der Waals surface area (Å²) in [6.07, 6.45) is 0.111. The number of para-hydroxylation sites is 1. The zero-order chi connectivity index (χ0) is 21.0. The van der Waals surface area contributed by atoms with E-state index in [4.69, 9.17) is 21.1 Å². The Kier molecular flexibility index (Phi) is 6.39. The number of benzene rings is 2. The van der Waals surface area contributed by atoms with Crippen molar-refractivity contribution in [3.05, 3.63) is 53.1 Å². The normalized spacial score (nSPS) is 14.4. The van der Waals surface area contributed by atoms with Crippen molar-refractivity contribution in [2.24, 2.45) is 0 Å². The number of nitrogens with zero attached hydrogens (tertiary/aromatic N) is 1. The molecule has 1 atom stereocenters. The summed E-state index contributed by atoms with van der Waals surface area (Å²) in [5.41, 5.74) is 1.10. The fourth-order valence-electron chi connectivity index (χ4n) is 3.07. The molecule has 0 aliphatic carbocycles. The average molecular weight is 417 g/mol. The van der Waals surface area contributed by atoms with E-state index in [-0.39, 0.29) is 11.5 Å². The van der Waals surface area contributed by atoms with Crippen LogP contribution in [0.3, 0.4) is 0 Å². The monoisotopic (exact) mass is 416 g/mol. The van der Waals surface area contributed by atoms with Gasteiger partial charge in [0.25, 0.3) is 5.91 Å². The van der Waals surface area contributed by atoms with Crippen molar-refractivity contribution < 1.29 is 23.9 Å². The molecule has 2 aromatic carbocycles. The zero-order valence-electron chi connectivity index (χ0n) is 16.1. The number of carbonyl (C=O) groups excluding carboxylic acids is 3. The van der Waals surface area contributed by atoms with Crippen molar-refractivity contribution in [2.75, 3.05) is 23.9 Å². The average Bonchev–Trinajstić information content (AvgIpc) is 3.13. The van der Waals surface area contributed by atoms with E-state index in [1.54, 1.807) is 47.4 Å². The number of carbonyl (C=O) groups is 3. The first-order valence-corrected chi connectivity index (χ1v) is 9.53. The maximum Gasteiger partial charge on any atom is 0.341 e. The maximum atomic E-state index is 12.7. The number of rotatable bonds is 6. The first-order valence-electron chi connectivity index (χ1n) is 9.15. The molecule has 1 aliphatic rings. The maximum absolute atomic E-state index is 12.7. The van der Waals surface area contributed by atoms with Gasteiger partial charge in [0.2, 0.25) is 5.91 Å². The Morgan fingerprint density at radius 2 is 1.97 bits per heavy atom. The van der Waals surface area contributed by atoms with Crippen LogP contribution in [0.1, 0.15) is 30.1 Å². The van der Waals surface area contributed by atoms with Crippen molar-refractivity contribution in [1.29, 1.82) is 0 Å². The molecular formula is C21H21ClN2O5. The van der Waals surface area contributed by atoms with Gasteiger partial charge < -0.3 is 19.7 Å². The topological polar surface area (TPSA) is 84.9 Å². The molecule has 1 saturated heterocycles. The van der Waals surface area contributed by atoms with Crippen LogP contribution in [0.25, 0.3) is 0 Å². The van der Waals surface area contributed by atoms with Crippen molar-refractivity contribution >= 4 is 40.8 Å². The fraction of sp³-hybridized carbons (Fsp3) is 0.286. The Morgan fingerprint density at radius 1 is 1.21 bits per heavy atom. The molecule has 1 heterocycles. The number of hydrogen-bond acceptors (Lipinski definition) is 5. The molecule has 0 aromatic heterocycles. The number of hydrogen-bond donors (Lipinski definition) is 1. The van der Waals surface area contributed by atoms with Gasteiger partial charge >= 0.3 is 5.97 Å².